The van der Waals surface area contributed by atoms with E-state index in [0.29, 0.717) is 18.4 Å². The maximum atomic E-state index is 12.2. The van der Waals surface area contributed by atoms with E-state index in [4.69, 9.17) is 5.11 Å². The van der Waals surface area contributed by atoms with Gasteiger partial charge in [0.05, 0.1) is 0 Å². The molecule has 5 nitrogen and oxygen atoms in total. The van der Waals surface area contributed by atoms with Crippen LogP contribution in [0.15, 0.2) is 30.3 Å². The minimum atomic E-state index is -0.957. The quantitative estimate of drug-likeness (QED) is 0.841. The number of carboxylic acids is 1. The van der Waals surface area contributed by atoms with Gasteiger partial charge in [-0.1, -0.05) is 30.3 Å². The lowest BCUT2D eigenvalue weighted by molar-refractivity contribution is -0.137. The number of benzene rings is 1. The van der Waals surface area contributed by atoms with Crippen LogP contribution in [0.25, 0.3) is 0 Å². The molecule has 3 rings (SSSR count). The van der Waals surface area contributed by atoms with E-state index in [0.717, 1.165) is 19.3 Å². The number of hydrogen-bond acceptors (Lipinski definition) is 2. The molecule has 2 aliphatic carbocycles. The Morgan fingerprint density at radius 2 is 1.95 bits per heavy atom. The molecule has 1 aromatic rings. The summed E-state index contributed by atoms with van der Waals surface area (Å²) in [6.45, 7) is 0.339. The Morgan fingerprint density at radius 1 is 1.24 bits per heavy atom. The van der Waals surface area contributed by atoms with Gasteiger partial charge in [-0.05, 0) is 30.7 Å². The van der Waals surface area contributed by atoms with Gasteiger partial charge in [-0.25, -0.2) is 4.79 Å². The molecule has 112 valence electrons. The Bertz CT molecular complexity index is 528. The highest BCUT2D eigenvalue weighted by Crippen LogP contribution is 2.40. The third-order valence-corrected chi connectivity index (χ3v) is 4.12. The number of hydrogen-bond donors (Lipinski definition) is 2. The smallest absolute Gasteiger partial charge is 0.323 e. The van der Waals surface area contributed by atoms with Gasteiger partial charge in [0.25, 0.3) is 0 Å². The summed E-state index contributed by atoms with van der Waals surface area (Å²) in [6, 6.07) is 9.99. The Morgan fingerprint density at radius 3 is 2.57 bits per heavy atom. The van der Waals surface area contributed by atoms with E-state index < -0.39 is 5.97 Å². The van der Waals surface area contributed by atoms with E-state index in [9.17, 15) is 9.59 Å². The molecule has 0 saturated heterocycles. The number of nitrogens with one attached hydrogen (secondary N) is 1. The van der Waals surface area contributed by atoms with Crippen molar-refractivity contribution in [3.63, 3.8) is 0 Å². The summed E-state index contributed by atoms with van der Waals surface area (Å²) in [6.07, 6.45) is 3.12. The van der Waals surface area contributed by atoms with Gasteiger partial charge in [0.1, 0.15) is 6.54 Å². The number of carbonyl (C=O) groups excluding carboxylic acids is 1. The van der Waals surface area contributed by atoms with Gasteiger partial charge in [0, 0.05) is 18.5 Å². The zero-order valence-corrected chi connectivity index (χ0v) is 11.9. The largest absolute Gasteiger partial charge is 0.480 e. The molecule has 2 amide bonds. The fourth-order valence-electron chi connectivity index (χ4n) is 2.67. The molecule has 0 aliphatic heterocycles. The molecule has 2 aliphatic rings. The van der Waals surface area contributed by atoms with Crippen LogP contribution in [0.2, 0.25) is 0 Å². The summed E-state index contributed by atoms with van der Waals surface area (Å²) in [7, 11) is 0. The van der Waals surface area contributed by atoms with Crippen molar-refractivity contribution < 1.29 is 14.7 Å². The maximum absolute atomic E-state index is 12.2. The van der Waals surface area contributed by atoms with Gasteiger partial charge in [-0.2, -0.15) is 0 Å². The van der Waals surface area contributed by atoms with Gasteiger partial charge in [0.15, 0.2) is 0 Å². The highest BCUT2D eigenvalue weighted by molar-refractivity contribution is 5.80. The number of carbonyl (C=O) groups is 2. The monoisotopic (exact) mass is 288 g/mol. The molecular weight excluding hydrogens is 268 g/mol. The Labute approximate surface area is 123 Å². The summed E-state index contributed by atoms with van der Waals surface area (Å²) >= 11 is 0. The number of carboxylic acid groups (broad SMARTS) is 1. The van der Waals surface area contributed by atoms with Crippen LogP contribution in [0.5, 0.6) is 0 Å². The van der Waals surface area contributed by atoms with Gasteiger partial charge < -0.3 is 15.3 Å². The maximum Gasteiger partial charge on any atom is 0.323 e. The molecule has 2 saturated carbocycles. The number of aliphatic carboxylic acids is 1. The summed E-state index contributed by atoms with van der Waals surface area (Å²) < 4.78 is 0. The van der Waals surface area contributed by atoms with Crippen molar-refractivity contribution in [3.8, 4) is 0 Å². The molecule has 2 fully saturated rings. The summed E-state index contributed by atoms with van der Waals surface area (Å²) in [5, 5.41) is 11.9. The van der Waals surface area contributed by atoms with Gasteiger partial charge in [0.2, 0.25) is 0 Å². The molecule has 2 unspecified atom stereocenters. The molecule has 5 heteroatoms. The normalized spacial score (nSPS) is 23.4. The highest BCUT2D eigenvalue weighted by Gasteiger charge is 2.40. The van der Waals surface area contributed by atoms with Crippen LogP contribution in [-0.4, -0.2) is 41.1 Å². The van der Waals surface area contributed by atoms with Crippen LogP contribution in [0, 0.1) is 5.92 Å². The van der Waals surface area contributed by atoms with Crippen LogP contribution in [0.1, 0.15) is 30.7 Å². The topological polar surface area (TPSA) is 69.6 Å². The first kappa shape index (κ1) is 13.9. The van der Waals surface area contributed by atoms with E-state index >= 15 is 0 Å². The molecular formula is C16H20N2O3. The first-order valence-corrected chi connectivity index (χ1v) is 7.45. The standard InChI is InChI=1S/C16H20N2O3/c19-15(20)10-18(9-11-6-7-11)16(21)17-14-8-13(14)12-4-2-1-3-5-12/h1-5,11,13-14H,6-10H2,(H,17,21)(H,19,20). The Kier molecular flexibility index (Phi) is 3.82. The summed E-state index contributed by atoms with van der Waals surface area (Å²) in [5.41, 5.74) is 1.23. The fraction of sp³-hybridized carbons (Fsp3) is 0.500. The van der Waals surface area contributed by atoms with E-state index in [1.54, 1.807) is 0 Å². The number of rotatable bonds is 6. The van der Waals surface area contributed by atoms with Crippen molar-refractivity contribution >= 4 is 12.0 Å². The second-order valence-corrected chi connectivity index (χ2v) is 6.03. The van der Waals surface area contributed by atoms with Crippen LogP contribution >= 0.6 is 0 Å². The third kappa shape index (κ3) is 3.74. The number of amides is 2. The zero-order chi connectivity index (χ0) is 14.8. The fourth-order valence-corrected chi connectivity index (χ4v) is 2.67. The minimum absolute atomic E-state index is 0.135. The average molecular weight is 288 g/mol. The number of nitrogens with zero attached hydrogens (tertiary/aromatic N) is 1. The Hall–Kier alpha value is -2.04. The van der Waals surface area contributed by atoms with E-state index in [1.807, 2.05) is 18.2 Å². The second kappa shape index (κ2) is 5.76. The second-order valence-electron chi connectivity index (χ2n) is 6.03. The van der Waals surface area contributed by atoms with Gasteiger partial charge in [-0.3, -0.25) is 4.79 Å². The van der Waals surface area contributed by atoms with Crippen molar-refractivity contribution in [2.24, 2.45) is 5.92 Å². The van der Waals surface area contributed by atoms with Crippen LogP contribution in [-0.2, 0) is 4.79 Å². The van der Waals surface area contributed by atoms with Crippen LogP contribution in [0.3, 0.4) is 0 Å². The molecule has 21 heavy (non-hydrogen) atoms. The third-order valence-electron chi connectivity index (χ3n) is 4.12. The van der Waals surface area contributed by atoms with Gasteiger partial charge in [-0.15, -0.1) is 0 Å². The Balaban J connectivity index is 1.54. The first-order valence-electron chi connectivity index (χ1n) is 7.45. The van der Waals surface area contributed by atoms with E-state index in [-0.39, 0.29) is 18.6 Å². The van der Waals surface area contributed by atoms with Crippen molar-refractivity contribution in [2.75, 3.05) is 13.1 Å². The minimum Gasteiger partial charge on any atom is -0.480 e. The molecule has 0 spiro atoms. The van der Waals surface area contributed by atoms with E-state index in [2.05, 4.69) is 17.4 Å². The lowest BCUT2D eigenvalue weighted by Gasteiger charge is -2.21. The summed E-state index contributed by atoms with van der Waals surface area (Å²) in [5.74, 6) is -0.108. The van der Waals surface area contributed by atoms with E-state index in [1.165, 1.54) is 10.5 Å². The molecule has 2 atom stereocenters. The molecule has 0 radical (unpaired) electrons. The van der Waals surface area contributed by atoms with Crippen molar-refractivity contribution in [2.45, 2.75) is 31.2 Å². The molecule has 0 aromatic heterocycles. The molecule has 1 aromatic carbocycles. The van der Waals surface area contributed by atoms with Crippen molar-refractivity contribution in [1.82, 2.24) is 10.2 Å². The predicted molar refractivity (Wildman–Crippen MR) is 78.1 cm³/mol. The lowest BCUT2D eigenvalue weighted by Crippen LogP contribution is -2.44. The van der Waals surface area contributed by atoms with Crippen LogP contribution < -0.4 is 5.32 Å². The lowest BCUT2D eigenvalue weighted by atomic mass is 10.1. The highest BCUT2D eigenvalue weighted by atomic mass is 16.4. The average Bonchev–Trinajstić information content (AvgIpc) is 3.34. The zero-order valence-electron chi connectivity index (χ0n) is 11.9. The number of urea groups is 1. The van der Waals surface area contributed by atoms with Crippen molar-refractivity contribution in [3.05, 3.63) is 35.9 Å². The van der Waals surface area contributed by atoms with Gasteiger partial charge >= 0.3 is 12.0 Å². The molecule has 0 bridgehead atoms. The summed E-state index contributed by atoms with van der Waals surface area (Å²) in [4.78, 5) is 24.5. The molecule has 0 heterocycles. The predicted octanol–water partition coefficient (Wildman–Crippen LogP) is 2.05. The SMILES string of the molecule is O=C(O)CN(CC1CC1)C(=O)NC1CC1c1ccccc1. The molecule has 2 N–H and O–H groups in total. The first-order chi connectivity index (χ1) is 10.1. The van der Waals surface area contributed by atoms with Crippen LogP contribution in [0.4, 0.5) is 4.79 Å². The van der Waals surface area contributed by atoms with Crippen molar-refractivity contribution in [1.29, 1.82) is 0 Å².